The van der Waals surface area contributed by atoms with Crippen molar-refractivity contribution in [3.63, 3.8) is 0 Å². The van der Waals surface area contributed by atoms with Gasteiger partial charge in [0.15, 0.2) is 5.96 Å². The van der Waals surface area contributed by atoms with Crippen LogP contribution in [0.1, 0.15) is 81.5 Å². The smallest absolute Gasteiger partial charge is 0.245 e. The number of benzene rings is 4. The molecule has 0 aliphatic carbocycles. The molecule has 84 heavy (non-hydrogen) atoms. The zero-order chi connectivity index (χ0) is 60.9. The van der Waals surface area contributed by atoms with Crippen LogP contribution in [0, 0.1) is 11.7 Å². The number of guanidine groups is 1. The minimum Gasteiger partial charge on any atom is -0.508 e. The first kappa shape index (κ1) is 64.1. The first-order valence-electron chi connectivity index (χ1n) is 28.1. The molecule has 1 fully saturated rings. The van der Waals surface area contributed by atoms with Gasteiger partial charge in [0.2, 0.25) is 47.3 Å². The van der Waals surface area contributed by atoms with Crippen molar-refractivity contribution in [1.29, 1.82) is 0 Å². The van der Waals surface area contributed by atoms with E-state index in [1.54, 1.807) is 19.2 Å². The monoisotopic (exact) mass is 1160 g/mol. The second kappa shape index (κ2) is 31.4. The molecule has 1 saturated heterocycles. The fourth-order valence-corrected chi connectivity index (χ4v) is 9.87. The summed E-state index contributed by atoms with van der Waals surface area (Å²) in [6, 6.07) is 15.2. The number of halogens is 1. The van der Waals surface area contributed by atoms with Gasteiger partial charge in [-0.25, -0.2) is 4.39 Å². The third kappa shape index (κ3) is 19.3. The number of H-pyrrole nitrogens is 1. The molecule has 1 aromatic heterocycles. The predicted octanol–water partition coefficient (Wildman–Crippen LogP) is 1.51. The number of hydrogen-bond donors (Lipinski definition) is 13. The van der Waals surface area contributed by atoms with Crippen LogP contribution in [0.15, 0.2) is 108 Å². The minimum atomic E-state index is -1.71. The van der Waals surface area contributed by atoms with Gasteiger partial charge in [0.25, 0.3) is 0 Å². The van der Waals surface area contributed by atoms with Crippen LogP contribution in [0.3, 0.4) is 0 Å². The summed E-state index contributed by atoms with van der Waals surface area (Å²) >= 11 is 0. The Bertz CT molecular complexity index is 3080. The number of aromatic nitrogens is 1. The average molecular weight is 1160 g/mol. The summed E-state index contributed by atoms with van der Waals surface area (Å²) in [7, 11) is 0. The Labute approximate surface area is 486 Å². The molecule has 0 unspecified atom stereocenters. The number of nitrogens with two attached hydrogens (primary N) is 2. The summed E-state index contributed by atoms with van der Waals surface area (Å²) in [5.74, 6) is -6.67. The third-order valence-corrected chi connectivity index (χ3v) is 14.2. The SMILES string of the molecule is CCNC(=O)[C@H]1CCCN1C(=O)[C@H](CCCN=C(N)N)NC(=O)[C@H](CC(C)C)NC(=O)[C@@H](Cc1c[nH]c2ccccc12)NC(=O)[C@H](Cc1ccc(O)cc1)NC(=O)[C@H](CO)NC(=O)[C@H](Cc1ccc(O)cc1)NC(=O)CCc1ccc(F)cc1. The number of likely N-dealkylation sites (N-methyl/N-ethyl adjacent to an activating group) is 1. The van der Waals surface area contributed by atoms with E-state index < -0.39 is 96.1 Å². The molecule has 15 N–H and O–H groups in total. The third-order valence-electron chi connectivity index (χ3n) is 14.2. The Morgan fingerprint density at radius 2 is 1.20 bits per heavy atom. The van der Waals surface area contributed by atoms with E-state index in [0.29, 0.717) is 41.6 Å². The number of aromatic amines is 1. The molecule has 24 heteroatoms. The summed E-state index contributed by atoms with van der Waals surface area (Å²) in [5.41, 5.74) is 14.1. The van der Waals surface area contributed by atoms with Gasteiger partial charge in [-0.1, -0.05) is 68.4 Å². The number of aliphatic hydroxyl groups excluding tert-OH is 1. The molecule has 1 aliphatic heterocycles. The number of aliphatic hydroxyl groups is 1. The molecule has 5 aromatic rings. The van der Waals surface area contributed by atoms with Gasteiger partial charge in [0.1, 0.15) is 59.6 Å². The molecule has 4 aromatic carbocycles. The van der Waals surface area contributed by atoms with Crippen molar-refractivity contribution >= 4 is 64.1 Å². The number of rotatable bonds is 30. The number of carbonyl (C=O) groups is 8. The maximum absolute atomic E-state index is 14.9. The molecule has 23 nitrogen and oxygen atoms in total. The van der Waals surface area contributed by atoms with E-state index in [1.807, 2.05) is 32.0 Å². The number of fused-ring (bicyclic) bond motifs is 1. The zero-order valence-corrected chi connectivity index (χ0v) is 47.4. The van der Waals surface area contributed by atoms with E-state index in [-0.39, 0.29) is 93.7 Å². The highest BCUT2D eigenvalue weighted by molar-refractivity contribution is 5.98. The number of phenols is 2. The fraction of sp³-hybridized carbons (Fsp3) is 0.417. The standard InChI is InChI=1S/C60H77FN12O11/c1-4-64-58(83)51-12-8-28-73(51)59(84)45(11-7-27-65-60(62)63)68-53(78)46(29-35(2)3)69-56(81)49(32-39-33-66-44-10-6-5-9-43(39)44)71-55(80)48(31-38-17-24-42(76)25-18-38)70-57(82)50(34-74)72-54(79)47(30-37-15-22-41(75)23-16-37)67-52(77)26-19-36-13-20-40(61)21-14-36/h5-6,9-10,13-18,20-25,33,35,45-51,66,74-76H,4,7-8,11-12,19,26-32,34H2,1-3H3,(H,64,83)(H,67,77)(H,68,78)(H,69,81)(H,70,82)(H,71,80)(H,72,79)(H4,62,63,65)/t45-,46-,47-,48-,49+,50-,51+/m0/s1. The number of aromatic hydroxyl groups is 2. The molecule has 0 saturated carbocycles. The van der Waals surface area contributed by atoms with Crippen molar-refractivity contribution in [2.75, 3.05) is 26.2 Å². The van der Waals surface area contributed by atoms with Gasteiger partial charge in [-0.2, -0.15) is 0 Å². The number of hydrogen-bond acceptors (Lipinski definition) is 12. The summed E-state index contributed by atoms with van der Waals surface area (Å²) < 4.78 is 13.6. The van der Waals surface area contributed by atoms with Crippen LogP contribution in [0.25, 0.3) is 10.9 Å². The molecular formula is C60H77FN12O11. The molecule has 0 radical (unpaired) electrons. The number of nitrogens with zero attached hydrogens (tertiary/aromatic N) is 2. The minimum absolute atomic E-state index is 0.0477. The highest BCUT2D eigenvalue weighted by Crippen LogP contribution is 2.23. The molecule has 1 aliphatic rings. The van der Waals surface area contributed by atoms with E-state index in [2.05, 4.69) is 47.2 Å². The maximum Gasteiger partial charge on any atom is 0.245 e. The van der Waals surface area contributed by atoms with Gasteiger partial charge in [-0.05, 0) is 116 Å². The number of nitrogens with one attached hydrogen (secondary N) is 8. The van der Waals surface area contributed by atoms with Gasteiger partial charge >= 0.3 is 0 Å². The van der Waals surface area contributed by atoms with Crippen molar-refractivity contribution in [3.05, 3.63) is 131 Å². The van der Waals surface area contributed by atoms with E-state index in [1.165, 1.54) is 77.7 Å². The Kier molecular flexibility index (Phi) is 24.0. The number of amides is 8. The molecule has 0 bridgehead atoms. The molecule has 2 heterocycles. The van der Waals surface area contributed by atoms with Crippen LogP contribution >= 0.6 is 0 Å². The molecule has 8 amide bonds. The van der Waals surface area contributed by atoms with Crippen LogP contribution in [-0.4, -0.2) is 147 Å². The van der Waals surface area contributed by atoms with Gasteiger partial charge in [0.05, 0.1) is 6.61 Å². The van der Waals surface area contributed by atoms with Crippen molar-refractivity contribution < 1.29 is 58.1 Å². The van der Waals surface area contributed by atoms with Crippen molar-refractivity contribution in [2.45, 2.75) is 127 Å². The van der Waals surface area contributed by atoms with E-state index >= 15 is 0 Å². The van der Waals surface area contributed by atoms with Gasteiger partial charge in [-0.15, -0.1) is 0 Å². The second-order valence-electron chi connectivity index (χ2n) is 21.2. The highest BCUT2D eigenvalue weighted by atomic mass is 19.1. The van der Waals surface area contributed by atoms with Gasteiger partial charge in [0, 0.05) is 62.4 Å². The van der Waals surface area contributed by atoms with Crippen LogP contribution in [-0.2, 0) is 64.0 Å². The Morgan fingerprint density at radius 1 is 0.679 bits per heavy atom. The number of likely N-dealkylation sites (tertiary alicyclic amines) is 1. The number of aryl methyl sites for hydroxylation is 1. The molecule has 450 valence electrons. The number of phenolic OH excluding ortho intramolecular Hbond substituents is 2. The number of aliphatic imine (C=N–C) groups is 1. The predicted molar refractivity (Wildman–Crippen MR) is 312 cm³/mol. The van der Waals surface area contributed by atoms with Gasteiger partial charge in [-0.3, -0.25) is 43.3 Å². The summed E-state index contributed by atoms with van der Waals surface area (Å²) in [6.45, 7) is 5.22. The first-order valence-corrected chi connectivity index (χ1v) is 28.1. The maximum atomic E-state index is 14.9. The van der Waals surface area contributed by atoms with Crippen LogP contribution in [0.4, 0.5) is 4.39 Å². The Hall–Kier alpha value is -9.06. The first-order chi connectivity index (χ1) is 40.2. The lowest BCUT2D eigenvalue weighted by Crippen LogP contribution is -2.61. The second-order valence-corrected chi connectivity index (χ2v) is 21.2. The van der Waals surface area contributed by atoms with Crippen molar-refractivity contribution in [3.8, 4) is 11.5 Å². The average Bonchev–Trinajstić information content (AvgIpc) is 4.25. The lowest BCUT2D eigenvalue weighted by atomic mass is 9.99. The van der Waals surface area contributed by atoms with Gasteiger partial charge < -0.3 is 73.9 Å². The Balaban J connectivity index is 1.26. The number of para-hydroxylation sites is 1. The quantitative estimate of drug-likeness (QED) is 0.0176. The summed E-state index contributed by atoms with van der Waals surface area (Å²) in [4.78, 5) is 122. The van der Waals surface area contributed by atoms with E-state index in [0.717, 1.165) is 10.9 Å². The highest BCUT2D eigenvalue weighted by Gasteiger charge is 2.39. The number of carbonyl (C=O) groups excluding carboxylic acids is 8. The van der Waals surface area contributed by atoms with Crippen molar-refractivity contribution in [2.24, 2.45) is 22.4 Å². The zero-order valence-electron chi connectivity index (χ0n) is 47.4. The summed E-state index contributed by atoms with van der Waals surface area (Å²) in [6.07, 6.45) is 2.68. The van der Waals surface area contributed by atoms with E-state index in [4.69, 9.17) is 11.5 Å². The van der Waals surface area contributed by atoms with Crippen LogP contribution < -0.4 is 48.7 Å². The molecule has 7 atom stereocenters. The fourth-order valence-electron chi connectivity index (χ4n) is 9.87. The van der Waals surface area contributed by atoms with Crippen LogP contribution in [0.5, 0.6) is 11.5 Å². The normalized spacial score (nSPS) is 15.1. The largest absolute Gasteiger partial charge is 0.508 e. The topological polar surface area (TPSA) is 365 Å². The molecular weight excluding hydrogens is 1080 g/mol. The Morgan fingerprint density at radius 3 is 1.79 bits per heavy atom. The lowest BCUT2D eigenvalue weighted by molar-refractivity contribution is -0.142. The van der Waals surface area contributed by atoms with Crippen molar-refractivity contribution in [1.82, 2.24) is 47.1 Å². The summed E-state index contributed by atoms with van der Waals surface area (Å²) in [5, 5.41) is 50.4. The molecule has 0 spiro atoms. The molecule has 6 rings (SSSR count). The lowest BCUT2D eigenvalue weighted by Gasteiger charge is -2.30. The van der Waals surface area contributed by atoms with E-state index in [9.17, 15) is 58.1 Å². The van der Waals surface area contributed by atoms with Crippen LogP contribution in [0.2, 0.25) is 0 Å².